The lowest BCUT2D eigenvalue weighted by Gasteiger charge is -2.20. The van der Waals surface area contributed by atoms with Crippen LogP contribution in [0.1, 0.15) is 22.8 Å². The number of amides is 2. The molecule has 0 aliphatic rings. The lowest BCUT2D eigenvalue weighted by Crippen LogP contribution is -2.37. The smallest absolute Gasteiger partial charge is 0.257 e. The maximum absolute atomic E-state index is 12.8. The van der Waals surface area contributed by atoms with E-state index in [2.05, 4.69) is 10.4 Å². The highest BCUT2D eigenvalue weighted by atomic mass is 35.5. The molecular formula is C21H19Cl3N4O2. The number of halogens is 3. The Morgan fingerprint density at radius 1 is 1.03 bits per heavy atom. The molecule has 1 N–H and O–H groups in total. The van der Waals surface area contributed by atoms with Gasteiger partial charge in [0.15, 0.2) is 0 Å². The molecule has 6 nitrogen and oxygen atoms in total. The van der Waals surface area contributed by atoms with Gasteiger partial charge in [-0.3, -0.25) is 14.3 Å². The number of nitrogens with one attached hydrogen (secondary N) is 1. The number of hydrogen-bond acceptors (Lipinski definition) is 3. The number of carbonyl (C=O) groups excluding carboxylic acids is 2. The second-order valence-electron chi connectivity index (χ2n) is 6.48. The normalized spacial score (nSPS) is 10.7. The number of aromatic nitrogens is 2. The number of hydrogen-bond donors (Lipinski definition) is 1. The Morgan fingerprint density at radius 2 is 1.70 bits per heavy atom. The molecule has 0 unspecified atom stereocenters. The van der Waals surface area contributed by atoms with Crippen molar-refractivity contribution in [3.8, 4) is 0 Å². The Labute approximate surface area is 189 Å². The molecule has 0 aliphatic carbocycles. The molecule has 2 amide bonds. The third kappa shape index (κ3) is 5.33. The summed E-state index contributed by atoms with van der Waals surface area (Å²) in [7, 11) is 0. The van der Waals surface area contributed by atoms with Gasteiger partial charge in [0.05, 0.1) is 34.0 Å². The SMILES string of the molecule is CCN(CC(=O)Nc1c(Cl)cccc1Cl)C(=O)c1cnn(Cc2ccccc2Cl)c1. The molecule has 9 heteroatoms. The quantitative estimate of drug-likeness (QED) is 0.534. The van der Waals surface area contributed by atoms with E-state index >= 15 is 0 Å². The highest BCUT2D eigenvalue weighted by Gasteiger charge is 2.20. The largest absolute Gasteiger partial charge is 0.330 e. The molecule has 0 saturated carbocycles. The highest BCUT2D eigenvalue weighted by Crippen LogP contribution is 2.29. The number of anilines is 1. The van der Waals surface area contributed by atoms with Crippen molar-refractivity contribution in [3.63, 3.8) is 0 Å². The van der Waals surface area contributed by atoms with Crippen molar-refractivity contribution < 1.29 is 9.59 Å². The van der Waals surface area contributed by atoms with E-state index in [0.717, 1.165) is 5.56 Å². The predicted molar refractivity (Wildman–Crippen MR) is 119 cm³/mol. The van der Waals surface area contributed by atoms with E-state index in [4.69, 9.17) is 34.8 Å². The Morgan fingerprint density at radius 3 is 2.37 bits per heavy atom. The molecule has 0 spiro atoms. The lowest BCUT2D eigenvalue weighted by molar-refractivity contribution is -0.116. The minimum atomic E-state index is -0.399. The summed E-state index contributed by atoms with van der Waals surface area (Å²) in [5.74, 6) is -0.702. The summed E-state index contributed by atoms with van der Waals surface area (Å²) in [6, 6.07) is 12.4. The van der Waals surface area contributed by atoms with Crippen molar-refractivity contribution in [3.05, 3.63) is 81.1 Å². The van der Waals surface area contributed by atoms with Gasteiger partial charge in [0, 0.05) is 17.8 Å². The van der Waals surface area contributed by atoms with Gasteiger partial charge in [-0.2, -0.15) is 5.10 Å². The fraction of sp³-hybridized carbons (Fsp3) is 0.190. The number of nitrogens with zero attached hydrogens (tertiary/aromatic N) is 3. The van der Waals surface area contributed by atoms with Crippen LogP contribution in [0.2, 0.25) is 15.1 Å². The maximum atomic E-state index is 12.8. The van der Waals surface area contributed by atoms with Gasteiger partial charge in [-0.1, -0.05) is 59.1 Å². The summed E-state index contributed by atoms with van der Waals surface area (Å²) < 4.78 is 1.63. The molecule has 0 saturated heterocycles. The minimum absolute atomic E-state index is 0.146. The Hall–Kier alpha value is -2.54. The average molecular weight is 466 g/mol. The van der Waals surface area contributed by atoms with Crippen LogP contribution in [0.3, 0.4) is 0 Å². The summed E-state index contributed by atoms with van der Waals surface area (Å²) in [5, 5.41) is 8.18. The van der Waals surface area contributed by atoms with E-state index in [1.54, 1.807) is 42.1 Å². The van der Waals surface area contributed by atoms with Crippen LogP contribution in [-0.2, 0) is 11.3 Å². The van der Waals surface area contributed by atoms with Gasteiger partial charge in [0.2, 0.25) is 5.91 Å². The zero-order chi connectivity index (χ0) is 21.7. The molecule has 0 atom stereocenters. The van der Waals surface area contributed by atoms with Gasteiger partial charge in [-0.25, -0.2) is 0 Å². The molecule has 0 bridgehead atoms. The Kier molecular flexibility index (Phi) is 7.37. The second kappa shape index (κ2) is 9.98. The van der Waals surface area contributed by atoms with Gasteiger partial charge in [0.1, 0.15) is 6.54 Å². The average Bonchev–Trinajstić information content (AvgIpc) is 3.19. The topological polar surface area (TPSA) is 67.2 Å². The first-order valence-electron chi connectivity index (χ1n) is 9.18. The molecule has 30 heavy (non-hydrogen) atoms. The molecule has 156 valence electrons. The van der Waals surface area contributed by atoms with Gasteiger partial charge in [0.25, 0.3) is 5.91 Å². The molecule has 0 radical (unpaired) electrons. The van der Waals surface area contributed by atoms with Crippen LogP contribution in [0.4, 0.5) is 5.69 Å². The minimum Gasteiger partial charge on any atom is -0.330 e. The summed E-state index contributed by atoms with van der Waals surface area (Å²) in [4.78, 5) is 26.7. The number of para-hydroxylation sites is 1. The zero-order valence-electron chi connectivity index (χ0n) is 16.1. The number of likely N-dealkylation sites (N-methyl/N-ethyl adjacent to an activating group) is 1. The van der Waals surface area contributed by atoms with Crippen molar-refractivity contribution in [2.45, 2.75) is 13.5 Å². The molecule has 1 aromatic heterocycles. The van der Waals surface area contributed by atoms with Gasteiger partial charge in [-0.15, -0.1) is 0 Å². The molecule has 1 heterocycles. The van der Waals surface area contributed by atoms with Crippen LogP contribution in [0.5, 0.6) is 0 Å². The van der Waals surface area contributed by atoms with E-state index in [1.165, 1.54) is 11.1 Å². The van der Waals surface area contributed by atoms with Crippen LogP contribution in [0.15, 0.2) is 54.9 Å². The van der Waals surface area contributed by atoms with E-state index in [9.17, 15) is 9.59 Å². The Balaban J connectivity index is 1.67. The summed E-state index contributed by atoms with van der Waals surface area (Å²) in [6.07, 6.45) is 3.11. The molecule has 0 fully saturated rings. The monoisotopic (exact) mass is 464 g/mol. The van der Waals surface area contributed by atoms with E-state index in [0.29, 0.717) is 39.4 Å². The number of benzene rings is 2. The van der Waals surface area contributed by atoms with Crippen molar-refractivity contribution in [2.75, 3.05) is 18.4 Å². The molecule has 2 aromatic carbocycles. The van der Waals surface area contributed by atoms with Gasteiger partial charge >= 0.3 is 0 Å². The zero-order valence-corrected chi connectivity index (χ0v) is 18.4. The first-order valence-corrected chi connectivity index (χ1v) is 10.3. The Bertz CT molecular complexity index is 1050. The molecule has 3 aromatic rings. The first-order chi connectivity index (χ1) is 14.4. The third-order valence-electron chi connectivity index (χ3n) is 4.40. The van der Waals surface area contributed by atoms with Crippen molar-refractivity contribution in [1.29, 1.82) is 0 Å². The van der Waals surface area contributed by atoms with Crippen LogP contribution >= 0.6 is 34.8 Å². The number of rotatable bonds is 7. The summed E-state index contributed by atoms with van der Waals surface area (Å²) in [5.41, 5.74) is 1.60. The predicted octanol–water partition coefficient (Wildman–Crippen LogP) is 4.99. The van der Waals surface area contributed by atoms with E-state index in [1.807, 2.05) is 18.2 Å². The third-order valence-corrected chi connectivity index (χ3v) is 5.40. The summed E-state index contributed by atoms with van der Waals surface area (Å²) >= 11 is 18.3. The van der Waals surface area contributed by atoms with Crippen LogP contribution < -0.4 is 5.32 Å². The molecular weight excluding hydrogens is 447 g/mol. The van der Waals surface area contributed by atoms with Crippen molar-refractivity contribution in [2.24, 2.45) is 0 Å². The van der Waals surface area contributed by atoms with Gasteiger partial charge < -0.3 is 10.2 Å². The second-order valence-corrected chi connectivity index (χ2v) is 7.70. The number of carbonyl (C=O) groups is 2. The van der Waals surface area contributed by atoms with E-state index < -0.39 is 5.91 Å². The van der Waals surface area contributed by atoms with Crippen molar-refractivity contribution in [1.82, 2.24) is 14.7 Å². The lowest BCUT2D eigenvalue weighted by atomic mass is 10.2. The molecule has 3 rings (SSSR count). The highest BCUT2D eigenvalue weighted by molar-refractivity contribution is 6.39. The van der Waals surface area contributed by atoms with E-state index in [-0.39, 0.29) is 12.5 Å². The van der Waals surface area contributed by atoms with Crippen LogP contribution in [-0.4, -0.2) is 39.6 Å². The fourth-order valence-electron chi connectivity index (χ4n) is 2.84. The maximum Gasteiger partial charge on any atom is 0.257 e. The fourth-order valence-corrected chi connectivity index (χ4v) is 3.53. The van der Waals surface area contributed by atoms with Crippen LogP contribution in [0.25, 0.3) is 0 Å². The summed E-state index contributed by atoms with van der Waals surface area (Å²) in [6.45, 7) is 2.43. The van der Waals surface area contributed by atoms with Gasteiger partial charge in [-0.05, 0) is 30.7 Å². The standard InChI is InChI=1S/C21H19Cl3N4O2/c1-2-27(13-19(29)26-20-17(23)8-5-9-18(20)24)21(30)15-10-25-28(12-15)11-14-6-3-4-7-16(14)22/h3-10,12H,2,11,13H2,1H3,(H,26,29). The molecule has 0 aliphatic heterocycles. The first kappa shape index (κ1) is 22.2. The van der Waals surface area contributed by atoms with Crippen molar-refractivity contribution >= 4 is 52.3 Å². The van der Waals surface area contributed by atoms with Crippen LogP contribution in [0, 0.1) is 0 Å².